The number of rotatable bonds is 5. The standard InChI is InChI=1S/C25H21ClN2O3/c1-16-8-9-17(2)20(12-16)23(29)15-28-22-13-19(26)10-11-21(22)27(24(30)25(28)31)14-18-6-4-3-5-7-18/h3-13H,14-15H2,1-2H3. The summed E-state index contributed by atoms with van der Waals surface area (Å²) in [7, 11) is 0. The van der Waals surface area contributed by atoms with Crippen LogP contribution in [0.4, 0.5) is 0 Å². The molecule has 0 aliphatic rings. The molecule has 4 aromatic rings. The Kier molecular flexibility index (Phi) is 5.61. The van der Waals surface area contributed by atoms with Gasteiger partial charge in [0.25, 0.3) is 0 Å². The average molecular weight is 433 g/mol. The van der Waals surface area contributed by atoms with Crippen LogP contribution < -0.4 is 11.1 Å². The van der Waals surface area contributed by atoms with Crippen LogP contribution >= 0.6 is 11.6 Å². The lowest BCUT2D eigenvalue weighted by Gasteiger charge is -2.16. The molecule has 31 heavy (non-hydrogen) atoms. The summed E-state index contributed by atoms with van der Waals surface area (Å²) in [5.41, 5.74) is 2.78. The first-order chi connectivity index (χ1) is 14.8. The molecule has 0 atom stereocenters. The normalized spacial score (nSPS) is 11.1. The van der Waals surface area contributed by atoms with Gasteiger partial charge in [0, 0.05) is 10.6 Å². The molecule has 156 valence electrons. The Bertz CT molecular complexity index is 1420. The van der Waals surface area contributed by atoms with Gasteiger partial charge in [-0.25, -0.2) is 0 Å². The minimum Gasteiger partial charge on any atom is -0.298 e. The predicted octanol–water partition coefficient (Wildman–Crippen LogP) is 4.36. The van der Waals surface area contributed by atoms with Crippen molar-refractivity contribution in [2.75, 3.05) is 0 Å². The Labute approximate surface area is 184 Å². The average Bonchev–Trinajstić information content (AvgIpc) is 2.76. The van der Waals surface area contributed by atoms with Crippen LogP contribution in [0.25, 0.3) is 11.0 Å². The Morgan fingerprint density at radius 3 is 2.29 bits per heavy atom. The lowest BCUT2D eigenvalue weighted by Crippen LogP contribution is -2.42. The minimum atomic E-state index is -0.746. The number of halogens is 1. The van der Waals surface area contributed by atoms with Crippen molar-refractivity contribution in [1.29, 1.82) is 0 Å². The molecule has 0 saturated carbocycles. The summed E-state index contributed by atoms with van der Waals surface area (Å²) in [4.78, 5) is 39.1. The second-order valence-electron chi connectivity index (χ2n) is 7.64. The van der Waals surface area contributed by atoms with Gasteiger partial charge in [-0.1, -0.05) is 59.6 Å². The lowest BCUT2D eigenvalue weighted by atomic mass is 10.0. The van der Waals surface area contributed by atoms with E-state index in [9.17, 15) is 14.4 Å². The van der Waals surface area contributed by atoms with Crippen molar-refractivity contribution in [3.8, 4) is 0 Å². The Morgan fingerprint density at radius 2 is 1.55 bits per heavy atom. The molecule has 0 bridgehead atoms. The number of aryl methyl sites for hydroxylation is 2. The van der Waals surface area contributed by atoms with E-state index in [4.69, 9.17) is 11.6 Å². The van der Waals surface area contributed by atoms with Crippen molar-refractivity contribution in [2.45, 2.75) is 26.9 Å². The van der Waals surface area contributed by atoms with E-state index in [1.54, 1.807) is 24.3 Å². The molecule has 0 N–H and O–H groups in total. The molecular formula is C25H21ClN2O3. The number of hydrogen-bond acceptors (Lipinski definition) is 3. The van der Waals surface area contributed by atoms with Gasteiger partial charge in [0.1, 0.15) is 0 Å². The van der Waals surface area contributed by atoms with Gasteiger partial charge in [0.2, 0.25) is 0 Å². The fraction of sp³-hybridized carbons (Fsp3) is 0.160. The number of carbonyl (C=O) groups is 1. The second kappa shape index (κ2) is 8.36. The highest BCUT2D eigenvalue weighted by Crippen LogP contribution is 2.19. The molecule has 0 amide bonds. The third-order valence-corrected chi connectivity index (χ3v) is 5.61. The van der Waals surface area contributed by atoms with Crippen LogP contribution in [-0.4, -0.2) is 14.9 Å². The number of nitrogens with zero attached hydrogens (tertiary/aromatic N) is 2. The first kappa shape index (κ1) is 20.8. The highest BCUT2D eigenvalue weighted by atomic mass is 35.5. The van der Waals surface area contributed by atoms with Crippen LogP contribution in [0.5, 0.6) is 0 Å². The second-order valence-corrected chi connectivity index (χ2v) is 8.08. The summed E-state index contributed by atoms with van der Waals surface area (Å²) in [6, 6.07) is 20.0. The van der Waals surface area contributed by atoms with Crippen LogP contribution in [0.15, 0.2) is 76.3 Å². The Morgan fingerprint density at radius 1 is 0.839 bits per heavy atom. The number of fused-ring (bicyclic) bond motifs is 1. The van der Waals surface area contributed by atoms with Crippen molar-refractivity contribution in [1.82, 2.24) is 9.13 Å². The number of hydrogen-bond donors (Lipinski definition) is 0. The van der Waals surface area contributed by atoms with E-state index in [0.717, 1.165) is 16.7 Å². The quantitative estimate of drug-likeness (QED) is 0.347. The van der Waals surface area contributed by atoms with Crippen molar-refractivity contribution in [2.24, 2.45) is 0 Å². The van der Waals surface area contributed by atoms with Crippen molar-refractivity contribution >= 4 is 28.4 Å². The van der Waals surface area contributed by atoms with Gasteiger partial charge in [0.05, 0.1) is 24.1 Å². The monoisotopic (exact) mass is 432 g/mol. The summed E-state index contributed by atoms with van der Waals surface area (Å²) < 4.78 is 2.66. The number of aromatic nitrogens is 2. The zero-order chi connectivity index (χ0) is 22.1. The van der Waals surface area contributed by atoms with E-state index >= 15 is 0 Å². The van der Waals surface area contributed by atoms with E-state index in [2.05, 4.69) is 0 Å². The molecule has 0 radical (unpaired) electrons. The first-order valence-corrected chi connectivity index (χ1v) is 10.3. The molecule has 0 spiro atoms. The number of carbonyl (C=O) groups excluding carboxylic acids is 1. The van der Waals surface area contributed by atoms with Crippen LogP contribution in [0.2, 0.25) is 5.02 Å². The van der Waals surface area contributed by atoms with Crippen molar-refractivity contribution in [3.05, 3.63) is 115 Å². The molecule has 0 aliphatic heterocycles. The van der Waals surface area contributed by atoms with E-state index < -0.39 is 11.1 Å². The van der Waals surface area contributed by atoms with E-state index in [0.29, 0.717) is 21.6 Å². The number of ketones is 1. The molecule has 1 aromatic heterocycles. The molecule has 0 saturated heterocycles. The highest BCUT2D eigenvalue weighted by molar-refractivity contribution is 6.31. The van der Waals surface area contributed by atoms with Crippen molar-refractivity contribution in [3.63, 3.8) is 0 Å². The van der Waals surface area contributed by atoms with E-state index in [-0.39, 0.29) is 18.9 Å². The molecule has 5 nitrogen and oxygen atoms in total. The van der Waals surface area contributed by atoms with Crippen molar-refractivity contribution < 1.29 is 4.79 Å². The Hall–Kier alpha value is -3.44. The van der Waals surface area contributed by atoms with Gasteiger partial charge in [-0.3, -0.25) is 23.5 Å². The molecular weight excluding hydrogens is 412 g/mol. The lowest BCUT2D eigenvalue weighted by molar-refractivity contribution is 0.0971. The molecule has 4 rings (SSSR count). The SMILES string of the molecule is Cc1ccc(C)c(C(=O)Cn2c(=O)c(=O)n(Cc3ccccc3)c3ccc(Cl)cc32)c1. The molecule has 0 unspecified atom stereocenters. The third-order valence-electron chi connectivity index (χ3n) is 5.37. The zero-order valence-electron chi connectivity index (χ0n) is 17.3. The first-order valence-electron chi connectivity index (χ1n) is 9.92. The molecule has 3 aromatic carbocycles. The molecule has 0 aliphatic carbocycles. The highest BCUT2D eigenvalue weighted by Gasteiger charge is 2.18. The molecule has 6 heteroatoms. The maximum Gasteiger partial charge on any atom is 0.317 e. The minimum absolute atomic E-state index is 0.232. The molecule has 0 fully saturated rings. The largest absolute Gasteiger partial charge is 0.317 e. The number of Topliss-reactive ketones (excluding diaryl/α,β-unsaturated/α-hetero) is 1. The van der Waals surface area contributed by atoms with Crippen LogP contribution in [0.1, 0.15) is 27.0 Å². The Balaban J connectivity index is 1.88. The maximum atomic E-state index is 13.1. The topological polar surface area (TPSA) is 61.1 Å². The third kappa shape index (κ3) is 4.09. The van der Waals surface area contributed by atoms with Gasteiger partial charge >= 0.3 is 11.1 Å². The molecule has 1 heterocycles. The van der Waals surface area contributed by atoms with Crippen LogP contribution in [-0.2, 0) is 13.1 Å². The van der Waals surface area contributed by atoms with Gasteiger partial charge in [-0.15, -0.1) is 0 Å². The summed E-state index contributed by atoms with van der Waals surface area (Å²) in [6.07, 6.45) is 0. The summed E-state index contributed by atoms with van der Waals surface area (Å²) in [5, 5.41) is 0.421. The van der Waals surface area contributed by atoms with E-state index in [1.165, 1.54) is 9.13 Å². The van der Waals surface area contributed by atoms with Crippen LogP contribution in [0, 0.1) is 13.8 Å². The van der Waals surface area contributed by atoms with Crippen LogP contribution in [0.3, 0.4) is 0 Å². The summed E-state index contributed by atoms with van der Waals surface area (Å²) in [5.74, 6) is -0.232. The van der Waals surface area contributed by atoms with Gasteiger partial charge in [-0.2, -0.15) is 0 Å². The zero-order valence-corrected chi connectivity index (χ0v) is 18.0. The smallest absolute Gasteiger partial charge is 0.298 e. The van der Waals surface area contributed by atoms with Gasteiger partial charge in [0.15, 0.2) is 5.78 Å². The fourth-order valence-corrected chi connectivity index (χ4v) is 3.90. The number of benzene rings is 3. The van der Waals surface area contributed by atoms with Gasteiger partial charge in [-0.05, 0) is 49.2 Å². The summed E-state index contributed by atoms with van der Waals surface area (Å²) >= 11 is 6.21. The van der Waals surface area contributed by atoms with Gasteiger partial charge < -0.3 is 0 Å². The predicted molar refractivity (Wildman–Crippen MR) is 123 cm³/mol. The summed E-state index contributed by atoms with van der Waals surface area (Å²) in [6.45, 7) is 3.77. The van der Waals surface area contributed by atoms with E-state index in [1.807, 2.05) is 56.3 Å². The maximum absolute atomic E-state index is 13.1. The fourth-order valence-electron chi connectivity index (χ4n) is 3.74.